The van der Waals surface area contributed by atoms with Gasteiger partial charge in [-0.3, -0.25) is 0 Å². The third-order valence-electron chi connectivity index (χ3n) is 3.46. The van der Waals surface area contributed by atoms with Crippen LogP contribution in [-0.2, 0) is 17.9 Å². The number of rotatable bonds is 8. The molecule has 1 aliphatic carbocycles. The molecule has 1 fully saturated rings. The number of hydrogen-bond donors (Lipinski definition) is 1. The van der Waals surface area contributed by atoms with Crippen LogP contribution in [-0.4, -0.2) is 12.6 Å². The third-order valence-corrected chi connectivity index (χ3v) is 4.20. The quantitative estimate of drug-likeness (QED) is 0.721. The number of halogens is 1. The molecule has 19 heavy (non-hydrogen) atoms. The zero-order valence-electron chi connectivity index (χ0n) is 11.9. The number of nitrogens with one attached hydrogen (secondary N) is 1. The van der Waals surface area contributed by atoms with Gasteiger partial charge in [-0.05, 0) is 29.5 Å². The van der Waals surface area contributed by atoms with E-state index in [1.54, 1.807) is 0 Å². The Labute approximate surface area is 125 Å². The minimum atomic E-state index is 0.518. The molecule has 0 aromatic heterocycles. The number of hydrogen-bond acceptors (Lipinski definition) is 2. The molecule has 0 aliphatic heterocycles. The summed E-state index contributed by atoms with van der Waals surface area (Å²) in [4.78, 5) is 0. The monoisotopic (exact) mass is 325 g/mol. The highest BCUT2D eigenvalue weighted by Gasteiger charge is 2.20. The molecular formula is C16H24BrNO. The summed E-state index contributed by atoms with van der Waals surface area (Å²) in [7, 11) is 0. The lowest BCUT2D eigenvalue weighted by Crippen LogP contribution is -2.21. The second kappa shape index (κ2) is 7.41. The van der Waals surface area contributed by atoms with Crippen molar-refractivity contribution in [1.82, 2.24) is 5.32 Å². The van der Waals surface area contributed by atoms with Crippen molar-refractivity contribution in [3.8, 4) is 0 Å². The van der Waals surface area contributed by atoms with Crippen LogP contribution in [0.25, 0.3) is 0 Å². The lowest BCUT2D eigenvalue weighted by molar-refractivity contribution is 0.114. The molecule has 0 radical (unpaired) electrons. The van der Waals surface area contributed by atoms with Crippen LogP contribution in [0.2, 0.25) is 0 Å². The first-order chi connectivity index (χ1) is 9.15. The molecule has 1 saturated carbocycles. The molecule has 1 aliphatic rings. The van der Waals surface area contributed by atoms with E-state index in [-0.39, 0.29) is 0 Å². The molecule has 1 aromatic rings. The maximum atomic E-state index is 5.74. The van der Waals surface area contributed by atoms with Gasteiger partial charge in [-0.25, -0.2) is 0 Å². The van der Waals surface area contributed by atoms with Crippen molar-refractivity contribution in [2.45, 2.75) is 52.3 Å². The summed E-state index contributed by atoms with van der Waals surface area (Å²) in [5.74, 6) is 0.952. The average Bonchev–Trinajstić information content (AvgIpc) is 3.18. The largest absolute Gasteiger partial charge is 0.377 e. The van der Waals surface area contributed by atoms with Crippen molar-refractivity contribution in [3.63, 3.8) is 0 Å². The Kier molecular flexibility index (Phi) is 5.86. The van der Waals surface area contributed by atoms with Crippen LogP contribution in [0, 0.1) is 5.92 Å². The smallest absolute Gasteiger partial charge is 0.0727 e. The van der Waals surface area contributed by atoms with Gasteiger partial charge >= 0.3 is 0 Å². The maximum absolute atomic E-state index is 5.74. The normalized spacial score (nSPS) is 15.2. The predicted octanol–water partition coefficient (Wildman–Crippen LogP) is 4.26. The molecule has 0 amide bonds. The molecule has 0 saturated heterocycles. The van der Waals surface area contributed by atoms with Crippen molar-refractivity contribution >= 4 is 15.9 Å². The second-order valence-electron chi connectivity index (χ2n) is 5.75. The molecule has 1 N–H and O–H groups in total. The molecule has 2 rings (SSSR count). The lowest BCUT2D eigenvalue weighted by Gasteiger charge is -2.11. The lowest BCUT2D eigenvalue weighted by atomic mass is 10.1. The fourth-order valence-corrected chi connectivity index (χ4v) is 2.52. The van der Waals surface area contributed by atoms with E-state index < -0.39 is 0 Å². The predicted molar refractivity (Wildman–Crippen MR) is 83.1 cm³/mol. The Morgan fingerprint density at radius 2 is 2.16 bits per heavy atom. The maximum Gasteiger partial charge on any atom is 0.0727 e. The van der Waals surface area contributed by atoms with E-state index in [9.17, 15) is 0 Å². The molecule has 0 unspecified atom stereocenters. The van der Waals surface area contributed by atoms with Gasteiger partial charge in [0.05, 0.1) is 6.61 Å². The van der Waals surface area contributed by atoms with Crippen LogP contribution in [0.5, 0.6) is 0 Å². The van der Waals surface area contributed by atoms with Crippen molar-refractivity contribution < 1.29 is 4.74 Å². The Morgan fingerprint density at radius 3 is 2.79 bits per heavy atom. The first kappa shape index (κ1) is 15.0. The first-order valence-corrected chi connectivity index (χ1v) is 8.03. The van der Waals surface area contributed by atoms with Crippen LogP contribution in [0.3, 0.4) is 0 Å². The Hall–Kier alpha value is -0.380. The Morgan fingerprint density at radius 1 is 1.37 bits per heavy atom. The molecule has 0 heterocycles. The van der Waals surface area contributed by atoms with E-state index in [0.717, 1.165) is 23.5 Å². The highest BCUT2D eigenvalue weighted by Crippen LogP contribution is 2.32. The highest BCUT2D eigenvalue weighted by molar-refractivity contribution is 9.10. The molecule has 1 aromatic carbocycles. The summed E-state index contributed by atoms with van der Waals surface area (Å²) in [6.07, 6.45) is 4.04. The van der Waals surface area contributed by atoms with Gasteiger partial charge in [0.2, 0.25) is 0 Å². The summed E-state index contributed by atoms with van der Waals surface area (Å²) in [6.45, 7) is 6.85. The van der Waals surface area contributed by atoms with Gasteiger partial charge in [-0.1, -0.05) is 54.8 Å². The zero-order valence-corrected chi connectivity index (χ0v) is 13.5. The fraction of sp³-hybridized carbons (Fsp3) is 0.625. The van der Waals surface area contributed by atoms with E-state index in [0.29, 0.717) is 12.6 Å². The Balaban J connectivity index is 1.76. The van der Waals surface area contributed by atoms with Crippen molar-refractivity contribution in [2.75, 3.05) is 6.61 Å². The van der Waals surface area contributed by atoms with E-state index in [1.165, 1.54) is 30.4 Å². The molecular weight excluding hydrogens is 302 g/mol. The summed E-state index contributed by atoms with van der Waals surface area (Å²) < 4.78 is 6.90. The van der Waals surface area contributed by atoms with Gasteiger partial charge in [0.25, 0.3) is 0 Å². The summed E-state index contributed by atoms with van der Waals surface area (Å²) in [5.41, 5.74) is 2.55. The van der Waals surface area contributed by atoms with Crippen LogP contribution in [0.15, 0.2) is 22.7 Å². The molecule has 3 heteroatoms. The summed E-state index contributed by atoms with van der Waals surface area (Å²) in [6, 6.07) is 7.05. The minimum Gasteiger partial charge on any atom is -0.377 e. The fourth-order valence-electron chi connectivity index (χ4n) is 1.98. The molecule has 0 spiro atoms. The third kappa shape index (κ3) is 5.64. The molecule has 2 nitrogen and oxygen atoms in total. The highest BCUT2D eigenvalue weighted by atomic mass is 79.9. The van der Waals surface area contributed by atoms with Crippen molar-refractivity contribution in [3.05, 3.63) is 33.8 Å². The van der Waals surface area contributed by atoms with Crippen molar-refractivity contribution in [1.29, 1.82) is 0 Å². The average molecular weight is 326 g/mol. The van der Waals surface area contributed by atoms with Crippen LogP contribution >= 0.6 is 15.9 Å². The van der Waals surface area contributed by atoms with E-state index in [4.69, 9.17) is 4.74 Å². The van der Waals surface area contributed by atoms with Gasteiger partial charge < -0.3 is 10.1 Å². The molecule has 0 atom stereocenters. The Bertz CT molecular complexity index is 402. The van der Waals surface area contributed by atoms with Crippen LogP contribution in [0.1, 0.15) is 44.2 Å². The molecule has 0 bridgehead atoms. The summed E-state index contributed by atoms with van der Waals surface area (Å²) >= 11 is 3.64. The topological polar surface area (TPSA) is 21.3 Å². The van der Waals surface area contributed by atoms with E-state index >= 15 is 0 Å². The van der Waals surface area contributed by atoms with Crippen LogP contribution in [0.4, 0.5) is 0 Å². The second-order valence-corrected chi connectivity index (χ2v) is 6.60. The minimum absolute atomic E-state index is 0.518. The van der Waals surface area contributed by atoms with Gasteiger partial charge in [-0.15, -0.1) is 0 Å². The first-order valence-electron chi connectivity index (χ1n) is 7.23. The van der Waals surface area contributed by atoms with E-state index in [2.05, 4.69) is 53.3 Å². The van der Waals surface area contributed by atoms with Crippen molar-refractivity contribution in [2.24, 2.45) is 5.92 Å². The van der Waals surface area contributed by atoms with Gasteiger partial charge in [0.15, 0.2) is 0 Å². The zero-order chi connectivity index (χ0) is 13.7. The van der Waals surface area contributed by atoms with Gasteiger partial charge in [0.1, 0.15) is 0 Å². The molecule has 106 valence electrons. The van der Waals surface area contributed by atoms with E-state index in [1.807, 2.05) is 0 Å². The number of benzene rings is 1. The van der Waals surface area contributed by atoms with Gasteiger partial charge in [-0.2, -0.15) is 0 Å². The standard InChI is InChI=1S/C16H24BrNO/c1-12(2)18-10-14-5-6-15(16(17)9-14)11-19-8-7-13-3-4-13/h5-6,9,12-13,18H,3-4,7-8,10-11H2,1-2H3. The van der Waals surface area contributed by atoms with Crippen LogP contribution < -0.4 is 5.32 Å². The SMILES string of the molecule is CC(C)NCc1ccc(COCCC2CC2)c(Br)c1. The number of ether oxygens (including phenoxy) is 1. The van der Waals surface area contributed by atoms with Gasteiger partial charge in [0, 0.05) is 23.7 Å². The summed E-state index contributed by atoms with van der Waals surface area (Å²) in [5, 5.41) is 3.43.